The van der Waals surface area contributed by atoms with Crippen molar-refractivity contribution in [3.05, 3.63) is 23.3 Å². The number of halogens is 2. The molecule has 0 aliphatic heterocycles. The van der Waals surface area contributed by atoms with Crippen LogP contribution in [0.5, 0.6) is 0 Å². The van der Waals surface area contributed by atoms with Crippen molar-refractivity contribution >= 4 is 23.2 Å². The monoisotopic (exact) mass is 274 g/mol. The zero-order chi connectivity index (χ0) is 12.2. The first-order valence-corrected chi connectivity index (χ1v) is 6.82. The van der Waals surface area contributed by atoms with Gasteiger partial charge in [-0.2, -0.15) is 0 Å². The zero-order valence-electron chi connectivity index (χ0n) is 9.95. The van der Waals surface area contributed by atoms with Crippen molar-refractivity contribution in [1.82, 2.24) is 0 Å². The molecule has 3 aliphatic carbocycles. The van der Waals surface area contributed by atoms with E-state index in [1.54, 1.807) is 14.2 Å². The van der Waals surface area contributed by atoms with Crippen LogP contribution in [-0.2, 0) is 9.47 Å². The van der Waals surface area contributed by atoms with Gasteiger partial charge >= 0.3 is 0 Å². The summed E-state index contributed by atoms with van der Waals surface area (Å²) in [6.45, 7) is 0. The fraction of sp³-hybridized carbons (Fsp3) is 0.692. The van der Waals surface area contributed by atoms with E-state index in [4.69, 9.17) is 32.7 Å². The highest BCUT2D eigenvalue weighted by Gasteiger charge is 2.54. The van der Waals surface area contributed by atoms with Crippen molar-refractivity contribution in [3.8, 4) is 0 Å². The van der Waals surface area contributed by atoms with Crippen molar-refractivity contribution in [2.45, 2.75) is 29.4 Å². The molecule has 17 heavy (non-hydrogen) atoms. The Balaban J connectivity index is 2.10. The summed E-state index contributed by atoms with van der Waals surface area (Å²) in [6, 6.07) is 0. The van der Waals surface area contributed by atoms with Gasteiger partial charge in [-0.3, -0.25) is 0 Å². The van der Waals surface area contributed by atoms with Crippen LogP contribution in [0.2, 0.25) is 0 Å². The van der Waals surface area contributed by atoms with Crippen LogP contribution in [0.15, 0.2) is 23.3 Å². The van der Waals surface area contributed by atoms with E-state index in [1.165, 1.54) is 11.1 Å². The van der Waals surface area contributed by atoms with Crippen molar-refractivity contribution in [3.63, 3.8) is 0 Å². The number of fused-ring (bicyclic) bond motifs is 4. The Labute approximate surface area is 112 Å². The minimum atomic E-state index is -0.711. The molecule has 0 saturated heterocycles. The Kier molecular flexibility index (Phi) is 2.82. The Morgan fingerprint density at radius 1 is 1.24 bits per heavy atom. The predicted octanol–water partition coefficient (Wildman–Crippen LogP) is 3.10. The lowest BCUT2D eigenvalue weighted by molar-refractivity contribution is -0.147. The molecule has 0 aromatic heterocycles. The van der Waals surface area contributed by atoms with E-state index in [-0.39, 0.29) is 10.8 Å². The summed E-state index contributed by atoms with van der Waals surface area (Å²) in [4.78, 5) is 0. The largest absolute Gasteiger partial charge is 0.346 e. The SMILES string of the molecule is COC1(OC)C=CC(Cl)C2=C1C1CC(Cl)C2C1. The van der Waals surface area contributed by atoms with Gasteiger partial charge in [-0.15, -0.1) is 23.2 Å². The molecule has 0 aromatic rings. The maximum absolute atomic E-state index is 6.40. The third-order valence-electron chi connectivity index (χ3n) is 4.37. The highest BCUT2D eigenvalue weighted by atomic mass is 35.5. The normalized spacial score (nSPS) is 42.1. The average molecular weight is 275 g/mol. The van der Waals surface area contributed by atoms with Gasteiger partial charge in [0.15, 0.2) is 0 Å². The summed E-state index contributed by atoms with van der Waals surface area (Å²) in [5.74, 6) is 0.148. The third kappa shape index (κ3) is 1.48. The molecule has 0 heterocycles. The molecule has 3 rings (SSSR count). The van der Waals surface area contributed by atoms with Crippen LogP contribution in [0.4, 0.5) is 0 Å². The van der Waals surface area contributed by atoms with Crippen molar-refractivity contribution in [2.24, 2.45) is 11.8 Å². The molecule has 4 unspecified atom stereocenters. The first-order valence-electron chi connectivity index (χ1n) is 5.95. The van der Waals surface area contributed by atoms with Crippen LogP contribution < -0.4 is 0 Å². The van der Waals surface area contributed by atoms with Gasteiger partial charge in [-0.05, 0) is 41.9 Å². The van der Waals surface area contributed by atoms with Gasteiger partial charge in [0, 0.05) is 19.6 Å². The number of hydrogen-bond donors (Lipinski definition) is 0. The van der Waals surface area contributed by atoms with Crippen LogP contribution in [0, 0.1) is 11.8 Å². The quantitative estimate of drug-likeness (QED) is 0.438. The summed E-state index contributed by atoms with van der Waals surface area (Å²) in [7, 11) is 3.36. The first kappa shape index (κ1) is 12.0. The molecule has 4 heteroatoms. The highest BCUT2D eigenvalue weighted by molar-refractivity contribution is 6.25. The number of ether oxygens (including phenoxy) is 2. The van der Waals surface area contributed by atoms with E-state index in [2.05, 4.69) is 0 Å². The minimum absolute atomic E-state index is 0.0556. The van der Waals surface area contributed by atoms with Crippen LogP contribution in [-0.4, -0.2) is 30.8 Å². The standard InChI is InChI=1S/C13H16Cl2O2/c1-16-13(17-2)4-3-9(14)11-8-5-7(12(11)13)6-10(8)15/h3-4,7-10H,5-6H2,1-2H3. The summed E-state index contributed by atoms with van der Waals surface area (Å²) in [5, 5.41) is 0.165. The maximum Gasteiger partial charge on any atom is 0.211 e. The van der Waals surface area contributed by atoms with E-state index in [0.717, 1.165) is 12.8 Å². The number of methoxy groups -OCH3 is 2. The smallest absolute Gasteiger partial charge is 0.211 e. The number of allylic oxidation sites excluding steroid dienone is 2. The van der Waals surface area contributed by atoms with Gasteiger partial charge in [-0.25, -0.2) is 0 Å². The second-order valence-electron chi connectivity index (χ2n) is 5.00. The van der Waals surface area contributed by atoms with E-state index in [0.29, 0.717) is 11.8 Å². The van der Waals surface area contributed by atoms with E-state index < -0.39 is 5.79 Å². The van der Waals surface area contributed by atoms with E-state index in [9.17, 15) is 0 Å². The van der Waals surface area contributed by atoms with Gasteiger partial charge in [0.2, 0.25) is 5.79 Å². The minimum Gasteiger partial charge on any atom is -0.346 e. The Hall–Kier alpha value is -0.0200. The zero-order valence-corrected chi connectivity index (χ0v) is 11.5. The first-order chi connectivity index (χ1) is 8.13. The molecule has 1 fully saturated rings. The van der Waals surface area contributed by atoms with Crippen molar-refractivity contribution < 1.29 is 9.47 Å². The fourth-order valence-electron chi connectivity index (χ4n) is 3.66. The Morgan fingerprint density at radius 3 is 2.59 bits per heavy atom. The van der Waals surface area contributed by atoms with Crippen molar-refractivity contribution in [1.29, 1.82) is 0 Å². The second-order valence-corrected chi connectivity index (χ2v) is 6.03. The van der Waals surface area contributed by atoms with E-state index in [1.807, 2.05) is 12.2 Å². The van der Waals surface area contributed by atoms with E-state index >= 15 is 0 Å². The van der Waals surface area contributed by atoms with Gasteiger partial charge in [-0.1, -0.05) is 6.08 Å². The van der Waals surface area contributed by atoms with Crippen LogP contribution >= 0.6 is 23.2 Å². The lowest BCUT2D eigenvalue weighted by Gasteiger charge is -2.39. The molecule has 0 aromatic carbocycles. The summed E-state index contributed by atoms with van der Waals surface area (Å²) in [5.41, 5.74) is 2.47. The van der Waals surface area contributed by atoms with Gasteiger partial charge in [0.25, 0.3) is 0 Å². The lowest BCUT2D eigenvalue weighted by Crippen LogP contribution is -2.41. The maximum atomic E-state index is 6.40. The van der Waals surface area contributed by atoms with Crippen LogP contribution in [0.1, 0.15) is 12.8 Å². The third-order valence-corrected chi connectivity index (χ3v) is 5.23. The number of alkyl halides is 2. The molecule has 2 bridgehead atoms. The molecule has 0 radical (unpaired) electrons. The predicted molar refractivity (Wildman–Crippen MR) is 68.4 cm³/mol. The number of hydrogen-bond acceptors (Lipinski definition) is 2. The van der Waals surface area contributed by atoms with Gasteiger partial charge in [0.1, 0.15) is 0 Å². The lowest BCUT2D eigenvalue weighted by atomic mass is 9.81. The second kappa shape index (κ2) is 3.99. The summed E-state index contributed by atoms with van der Waals surface area (Å²) < 4.78 is 11.2. The average Bonchev–Trinajstić information content (AvgIpc) is 2.88. The molecule has 3 aliphatic rings. The summed E-state index contributed by atoms with van der Waals surface area (Å²) >= 11 is 12.8. The molecular formula is C13H16Cl2O2. The Bertz CT molecular complexity index is 398. The topological polar surface area (TPSA) is 18.5 Å². The van der Waals surface area contributed by atoms with Gasteiger partial charge in [0.05, 0.1) is 5.38 Å². The van der Waals surface area contributed by atoms with Crippen LogP contribution in [0.3, 0.4) is 0 Å². The molecule has 0 N–H and O–H groups in total. The molecule has 94 valence electrons. The molecule has 1 saturated carbocycles. The molecular weight excluding hydrogens is 259 g/mol. The molecule has 4 atom stereocenters. The summed E-state index contributed by atoms with van der Waals surface area (Å²) in [6.07, 6.45) is 6.00. The number of rotatable bonds is 2. The highest BCUT2D eigenvalue weighted by Crippen LogP contribution is 2.57. The fourth-order valence-corrected chi connectivity index (χ4v) is 4.47. The van der Waals surface area contributed by atoms with Crippen molar-refractivity contribution in [2.75, 3.05) is 14.2 Å². The molecule has 2 nitrogen and oxygen atoms in total. The molecule has 0 spiro atoms. The van der Waals surface area contributed by atoms with Crippen LogP contribution in [0.25, 0.3) is 0 Å². The van der Waals surface area contributed by atoms with Gasteiger partial charge < -0.3 is 9.47 Å². The Morgan fingerprint density at radius 2 is 1.94 bits per heavy atom. The molecule has 0 amide bonds.